The van der Waals surface area contributed by atoms with E-state index in [1.807, 2.05) is 30.3 Å². The van der Waals surface area contributed by atoms with Crippen LogP contribution >= 0.6 is 0 Å². The molecule has 2 aromatic rings. The van der Waals surface area contributed by atoms with E-state index in [1.165, 1.54) is 0 Å². The van der Waals surface area contributed by atoms with Crippen molar-refractivity contribution in [2.24, 2.45) is 0 Å². The maximum absolute atomic E-state index is 12.1. The smallest absolute Gasteiger partial charge is 0.238 e. The monoisotopic (exact) mass is 285 g/mol. The molecule has 0 atom stereocenters. The molecule has 0 saturated heterocycles. The van der Waals surface area contributed by atoms with E-state index >= 15 is 0 Å². The molecule has 0 spiro atoms. The summed E-state index contributed by atoms with van der Waals surface area (Å²) in [5, 5.41) is 4.01. The van der Waals surface area contributed by atoms with E-state index in [4.69, 9.17) is 0 Å². The van der Waals surface area contributed by atoms with Crippen LogP contribution in [0.4, 0.5) is 5.69 Å². The zero-order valence-electron chi connectivity index (χ0n) is 12.8. The van der Waals surface area contributed by atoms with Gasteiger partial charge >= 0.3 is 0 Å². The van der Waals surface area contributed by atoms with E-state index in [-0.39, 0.29) is 5.91 Å². The van der Waals surface area contributed by atoms with Gasteiger partial charge in [0.2, 0.25) is 5.91 Å². The van der Waals surface area contributed by atoms with Gasteiger partial charge in [-0.2, -0.15) is 0 Å². The second-order valence-corrected chi connectivity index (χ2v) is 5.24. The minimum Gasteiger partial charge on any atom is -0.325 e. The number of rotatable bonds is 7. The van der Waals surface area contributed by atoms with Crippen molar-refractivity contribution in [2.75, 3.05) is 25.0 Å². The van der Waals surface area contributed by atoms with Crippen LogP contribution in [0.5, 0.6) is 0 Å². The Morgan fingerprint density at radius 1 is 1.19 bits per heavy atom. The fraction of sp³-hybridized carbons (Fsp3) is 0.412. The molecule has 2 rings (SSSR count). The van der Waals surface area contributed by atoms with E-state index in [9.17, 15) is 4.79 Å². The second kappa shape index (κ2) is 7.74. The lowest BCUT2D eigenvalue weighted by molar-refractivity contribution is -0.117. The number of hydrogen-bond donors (Lipinski definition) is 1. The number of nitrogens with one attached hydrogen (secondary N) is 1. The molecule has 0 aliphatic heterocycles. The van der Waals surface area contributed by atoms with Crippen LogP contribution < -0.4 is 5.32 Å². The van der Waals surface area contributed by atoms with Crippen LogP contribution in [0.15, 0.2) is 36.5 Å². The topological polar surface area (TPSA) is 45.2 Å². The lowest BCUT2D eigenvalue weighted by Gasteiger charge is -2.20. The van der Waals surface area contributed by atoms with Gasteiger partial charge in [0.25, 0.3) is 0 Å². The van der Waals surface area contributed by atoms with Crippen molar-refractivity contribution in [3.05, 3.63) is 36.5 Å². The van der Waals surface area contributed by atoms with Crippen LogP contribution in [-0.4, -0.2) is 35.4 Å². The summed E-state index contributed by atoms with van der Waals surface area (Å²) in [6.45, 7) is 6.65. The van der Waals surface area contributed by atoms with Crippen molar-refractivity contribution in [1.29, 1.82) is 0 Å². The Morgan fingerprint density at radius 2 is 1.95 bits per heavy atom. The standard InChI is InChI=1S/C17H23N3O/c1-3-10-20(11-4-2)13-17(21)19-15-7-8-16-14(12-15)6-5-9-18-16/h5-9,12H,3-4,10-11,13H2,1-2H3,(H,19,21). The third-order valence-corrected chi connectivity index (χ3v) is 3.33. The normalized spacial score (nSPS) is 11.0. The zero-order chi connectivity index (χ0) is 15.1. The number of carbonyl (C=O) groups excluding carboxylic acids is 1. The Bertz CT molecular complexity index is 591. The SMILES string of the molecule is CCCN(CCC)CC(=O)Nc1ccc2ncccc2c1. The summed E-state index contributed by atoms with van der Waals surface area (Å²) in [6.07, 6.45) is 3.90. The van der Waals surface area contributed by atoms with Crippen molar-refractivity contribution in [1.82, 2.24) is 9.88 Å². The first kappa shape index (κ1) is 15.4. The molecule has 1 aromatic heterocycles. The van der Waals surface area contributed by atoms with Crippen LogP contribution in [-0.2, 0) is 4.79 Å². The van der Waals surface area contributed by atoms with Crippen LogP contribution in [0.25, 0.3) is 10.9 Å². The van der Waals surface area contributed by atoms with Gasteiger partial charge in [-0.3, -0.25) is 14.7 Å². The van der Waals surface area contributed by atoms with Gasteiger partial charge in [-0.25, -0.2) is 0 Å². The number of amides is 1. The van der Waals surface area contributed by atoms with Crippen molar-refractivity contribution >= 4 is 22.5 Å². The summed E-state index contributed by atoms with van der Waals surface area (Å²) in [5.41, 5.74) is 1.77. The fourth-order valence-corrected chi connectivity index (χ4v) is 2.46. The largest absolute Gasteiger partial charge is 0.325 e. The second-order valence-electron chi connectivity index (χ2n) is 5.24. The molecule has 0 unspecified atom stereocenters. The van der Waals surface area contributed by atoms with Crippen LogP contribution in [0.1, 0.15) is 26.7 Å². The number of hydrogen-bond acceptors (Lipinski definition) is 3. The van der Waals surface area contributed by atoms with E-state index in [0.29, 0.717) is 6.54 Å². The summed E-state index contributed by atoms with van der Waals surface area (Å²) >= 11 is 0. The molecule has 4 nitrogen and oxygen atoms in total. The molecule has 1 aromatic carbocycles. The molecule has 0 aliphatic rings. The van der Waals surface area contributed by atoms with E-state index < -0.39 is 0 Å². The Labute approximate surface area is 126 Å². The Morgan fingerprint density at radius 3 is 2.67 bits per heavy atom. The summed E-state index contributed by atoms with van der Waals surface area (Å²) in [7, 11) is 0. The van der Waals surface area contributed by atoms with Crippen LogP contribution in [0.2, 0.25) is 0 Å². The number of anilines is 1. The number of pyridine rings is 1. The van der Waals surface area contributed by atoms with Gasteiger partial charge in [0.1, 0.15) is 0 Å². The molecular weight excluding hydrogens is 262 g/mol. The highest BCUT2D eigenvalue weighted by atomic mass is 16.2. The number of aromatic nitrogens is 1. The lowest BCUT2D eigenvalue weighted by Crippen LogP contribution is -2.34. The van der Waals surface area contributed by atoms with Gasteiger partial charge in [0.15, 0.2) is 0 Å². The average Bonchev–Trinajstić information content (AvgIpc) is 2.47. The van der Waals surface area contributed by atoms with Crippen molar-refractivity contribution < 1.29 is 4.79 Å². The van der Waals surface area contributed by atoms with Crippen LogP contribution in [0.3, 0.4) is 0 Å². The average molecular weight is 285 g/mol. The summed E-state index contributed by atoms with van der Waals surface area (Å²) in [6, 6.07) is 9.69. The van der Waals surface area contributed by atoms with Gasteiger partial charge in [0.05, 0.1) is 12.1 Å². The lowest BCUT2D eigenvalue weighted by atomic mass is 10.2. The highest BCUT2D eigenvalue weighted by molar-refractivity contribution is 5.94. The van der Waals surface area contributed by atoms with E-state index in [0.717, 1.165) is 42.5 Å². The molecule has 1 amide bonds. The molecule has 4 heteroatoms. The molecule has 0 fully saturated rings. The molecule has 21 heavy (non-hydrogen) atoms. The Kier molecular flexibility index (Phi) is 5.69. The predicted octanol–water partition coefficient (Wildman–Crippen LogP) is 3.30. The quantitative estimate of drug-likeness (QED) is 0.849. The van der Waals surface area contributed by atoms with Gasteiger partial charge in [-0.1, -0.05) is 19.9 Å². The molecule has 0 saturated carbocycles. The summed E-state index contributed by atoms with van der Waals surface area (Å²) in [5.74, 6) is 0.0418. The van der Waals surface area contributed by atoms with Crippen molar-refractivity contribution in [2.45, 2.75) is 26.7 Å². The number of carbonyl (C=O) groups is 1. The Hall–Kier alpha value is -1.94. The molecule has 0 aliphatic carbocycles. The summed E-state index contributed by atoms with van der Waals surface area (Å²) in [4.78, 5) is 18.6. The first-order valence-electron chi connectivity index (χ1n) is 7.60. The number of nitrogens with zero attached hydrogens (tertiary/aromatic N) is 2. The predicted molar refractivity (Wildman–Crippen MR) is 87.4 cm³/mol. The molecule has 1 N–H and O–H groups in total. The maximum Gasteiger partial charge on any atom is 0.238 e. The van der Waals surface area contributed by atoms with Gasteiger partial charge in [-0.05, 0) is 50.2 Å². The number of fused-ring (bicyclic) bond motifs is 1. The van der Waals surface area contributed by atoms with Crippen LogP contribution in [0, 0.1) is 0 Å². The Balaban J connectivity index is 2.00. The first-order valence-corrected chi connectivity index (χ1v) is 7.60. The first-order chi connectivity index (χ1) is 10.2. The van der Waals surface area contributed by atoms with E-state index in [1.54, 1.807) is 6.20 Å². The minimum atomic E-state index is 0.0418. The third-order valence-electron chi connectivity index (χ3n) is 3.33. The van der Waals surface area contributed by atoms with E-state index in [2.05, 4.69) is 29.0 Å². The maximum atomic E-state index is 12.1. The van der Waals surface area contributed by atoms with Crippen molar-refractivity contribution in [3.8, 4) is 0 Å². The van der Waals surface area contributed by atoms with Crippen molar-refractivity contribution in [3.63, 3.8) is 0 Å². The van der Waals surface area contributed by atoms with Gasteiger partial charge in [0, 0.05) is 17.3 Å². The zero-order valence-corrected chi connectivity index (χ0v) is 12.8. The highest BCUT2D eigenvalue weighted by Gasteiger charge is 2.09. The molecule has 0 bridgehead atoms. The number of benzene rings is 1. The molecule has 112 valence electrons. The molecule has 0 radical (unpaired) electrons. The van der Waals surface area contributed by atoms with Gasteiger partial charge < -0.3 is 5.32 Å². The third kappa shape index (κ3) is 4.53. The summed E-state index contributed by atoms with van der Waals surface area (Å²) < 4.78 is 0. The molecular formula is C17H23N3O. The highest BCUT2D eigenvalue weighted by Crippen LogP contribution is 2.16. The van der Waals surface area contributed by atoms with Gasteiger partial charge in [-0.15, -0.1) is 0 Å². The fourth-order valence-electron chi connectivity index (χ4n) is 2.46. The minimum absolute atomic E-state index is 0.0418. The molecule has 1 heterocycles.